The van der Waals surface area contributed by atoms with Crippen molar-refractivity contribution < 1.29 is 4.39 Å². The smallest absolute Gasteiger partial charge is 0.137 e. The molecule has 0 radical (unpaired) electrons. The highest BCUT2D eigenvalue weighted by Gasteiger charge is 2.07. The highest BCUT2D eigenvalue weighted by molar-refractivity contribution is 7.99. The molecule has 18 heavy (non-hydrogen) atoms. The van der Waals surface area contributed by atoms with Crippen molar-refractivity contribution in [3.05, 3.63) is 58.9 Å². The molecule has 0 unspecified atom stereocenters. The molecular formula is C15H16FNS. The molecule has 0 aliphatic carbocycles. The molecule has 2 rings (SSSR count). The van der Waals surface area contributed by atoms with E-state index in [1.807, 2.05) is 19.9 Å². The summed E-state index contributed by atoms with van der Waals surface area (Å²) in [6, 6.07) is 11.4. The Hall–Kier alpha value is -1.32. The summed E-state index contributed by atoms with van der Waals surface area (Å²) in [5, 5.41) is 0. The molecule has 2 aromatic rings. The van der Waals surface area contributed by atoms with E-state index in [0.717, 1.165) is 16.0 Å². The lowest BCUT2D eigenvalue weighted by Crippen LogP contribution is -1.97. The minimum atomic E-state index is -0.205. The summed E-state index contributed by atoms with van der Waals surface area (Å²) in [6.07, 6.45) is 0. The first-order valence-electron chi connectivity index (χ1n) is 5.84. The zero-order valence-electron chi connectivity index (χ0n) is 10.5. The Kier molecular flexibility index (Phi) is 4.04. The lowest BCUT2D eigenvalue weighted by Gasteiger charge is -2.08. The summed E-state index contributed by atoms with van der Waals surface area (Å²) in [5.41, 5.74) is 8.65. The van der Waals surface area contributed by atoms with Crippen molar-refractivity contribution >= 4 is 11.8 Å². The highest BCUT2D eigenvalue weighted by Crippen LogP contribution is 2.32. The largest absolute Gasteiger partial charge is 0.326 e. The minimum absolute atomic E-state index is 0.205. The van der Waals surface area contributed by atoms with Crippen molar-refractivity contribution in [3.8, 4) is 0 Å². The molecule has 1 nitrogen and oxygen atoms in total. The number of hydrogen-bond donors (Lipinski definition) is 1. The molecule has 0 spiro atoms. The summed E-state index contributed by atoms with van der Waals surface area (Å²) < 4.78 is 13.9. The van der Waals surface area contributed by atoms with Crippen molar-refractivity contribution in [1.82, 2.24) is 0 Å². The van der Waals surface area contributed by atoms with Crippen LogP contribution in [0, 0.1) is 19.7 Å². The van der Waals surface area contributed by atoms with Gasteiger partial charge in [0.15, 0.2) is 0 Å². The van der Waals surface area contributed by atoms with Gasteiger partial charge in [-0.1, -0.05) is 30.0 Å². The van der Waals surface area contributed by atoms with Crippen molar-refractivity contribution in [3.63, 3.8) is 0 Å². The van der Waals surface area contributed by atoms with Gasteiger partial charge in [-0.3, -0.25) is 0 Å². The number of hydrogen-bond acceptors (Lipinski definition) is 2. The molecule has 0 heterocycles. The summed E-state index contributed by atoms with van der Waals surface area (Å²) in [7, 11) is 0. The Morgan fingerprint density at radius 2 is 1.83 bits per heavy atom. The second kappa shape index (κ2) is 5.55. The van der Waals surface area contributed by atoms with E-state index < -0.39 is 0 Å². The lowest BCUT2D eigenvalue weighted by atomic mass is 10.2. The van der Waals surface area contributed by atoms with Crippen LogP contribution in [0.15, 0.2) is 46.2 Å². The molecule has 3 heteroatoms. The van der Waals surface area contributed by atoms with E-state index >= 15 is 0 Å². The molecule has 0 saturated carbocycles. The van der Waals surface area contributed by atoms with Gasteiger partial charge in [-0.25, -0.2) is 4.39 Å². The number of nitrogens with two attached hydrogens (primary N) is 1. The van der Waals surface area contributed by atoms with Gasteiger partial charge in [0.2, 0.25) is 0 Å². The molecular weight excluding hydrogens is 245 g/mol. The Balaban J connectivity index is 2.31. The number of aryl methyl sites for hydroxylation is 2. The SMILES string of the molecule is Cc1ccc(C)c(Sc2ccc(CN)cc2F)c1. The maximum absolute atomic E-state index is 13.9. The number of benzene rings is 2. The molecule has 0 aromatic heterocycles. The van der Waals surface area contributed by atoms with Crippen molar-refractivity contribution in [2.24, 2.45) is 5.73 Å². The minimum Gasteiger partial charge on any atom is -0.326 e. The van der Waals surface area contributed by atoms with Crippen LogP contribution >= 0.6 is 11.8 Å². The molecule has 2 N–H and O–H groups in total. The Bertz CT molecular complexity index is 566. The molecule has 0 aliphatic rings. The van der Waals surface area contributed by atoms with Gasteiger partial charge >= 0.3 is 0 Å². The van der Waals surface area contributed by atoms with Crippen LogP contribution < -0.4 is 5.73 Å². The third-order valence-corrected chi connectivity index (χ3v) is 4.01. The molecule has 0 amide bonds. The van der Waals surface area contributed by atoms with Crippen LogP contribution in [0.5, 0.6) is 0 Å². The van der Waals surface area contributed by atoms with Crippen LogP contribution in [0.2, 0.25) is 0 Å². The Labute approximate surface area is 111 Å². The first-order valence-corrected chi connectivity index (χ1v) is 6.65. The number of rotatable bonds is 3. The van der Waals surface area contributed by atoms with Crippen LogP contribution in [0.25, 0.3) is 0 Å². The van der Waals surface area contributed by atoms with Gasteiger partial charge in [-0.2, -0.15) is 0 Å². The third-order valence-electron chi connectivity index (χ3n) is 2.80. The molecule has 2 aromatic carbocycles. The Morgan fingerprint density at radius 1 is 1.06 bits per heavy atom. The summed E-state index contributed by atoms with van der Waals surface area (Å²) in [4.78, 5) is 1.73. The predicted molar refractivity (Wildman–Crippen MR) is 74.3 cm³/mol. The zero-order chi connectivity index (χ0) is 13.1. The van der Waals surface area contributed by atoms with Crippen LogP contribution in [0.4, 0.5) is 4.39 Å². The monoisotopic (exact) mass is 261 g/mol. The van der Waals surface area contributed by atoms with Crippen molar-refractivity contribution in [2.45, 2.75) is 30.2 Å². The lowest BCUT2D eigenvalue weighted by molar-refractivity contribution is 0.599. The fraction of sp³-hybridized carbons (Fsp3) is 0.200. The molecule has 0 atom stereocenters. The second-order valence-corrected chi connectivity index (χ2v) is 5.42. The van der Waals surface area contributed by atoms with Gasteiger partial charge in [0.25, 0.3) is 0 Å². The maximum atomic E-state index is 13.9. The van der Waals surface area contributed by atoms with Crippen LogP contribution in [-0.4, -0.2) is 0 Å². The molecule has 94 valence electrons. The topological polar surface area (TPSA) is 26.0 Å². The quantitative estimate of drug-likeness (QED) is 0.902. The van der Waals surface area contributed by atoms with Crippen molar-refractivity contribution in [1.29, 1.82) is 0 Å². The van der Waals surface area contributed by atoms with E-state index in [1.165, 1.54) is 23.4 Å². The first-order chi connectivity index (χ1) is 8.60. The van der Waals surface area contributed by atoms with E-state index in [-0.39, 0.29) is 5.82 Å². The number of halogens is 1. The fourth-order valence-corrected chi connectivity index (χ4v) is 2.69. The third kappa shape index (κ3) is 2.92. The van der Waals surface area contributed by atoms with E-state index in [2.05, 4.69) is 18.2 Å². The normalized spacial score (nSPS) is 10.7. The van der Waals surface area contributed by atoms with Gasteiger partial charge in [0, 0.05) is 16.3 Å². The molecule has 0 bridgehead atoms. The van der Waals surface area contributed by atoms with Gasteiger partial charge in [0.1, 0.15) is 5.82 Å². The van der Waals surface area contributed by atoms with Gasteiger partial charge in [-0.15, -0.1) is 0 Å². The fourth-order valence-electron chi connectivity index (χ4n) is 1.69. The predicted octanol–water partition coefficient (Wildman–Crippen LogP) is 4.05. The van der Waals surface area contributed by atoms with Crippen molar-refractivity contribution in [2.75, 3.05) is 0 Å². The van der Waals surface area contributed by atoms with E-state index in [0.29, 0.717) is 11.4 Å². The van der Waals surface area contributed by atoms with Crippen LogP contribution in [0.3, 0.4) is 0 Å². The second-order valence-electron chi connectivity index (χ2n) is 4.34. The maximum Gasteiger partial charge on any atom is 0.137 e. The summed E-state index contributed by atoms with van der Waals surface area (Å²) in [5.74, 6) is -0.205. The van der Waals surface area contributed by atoms with Crippen LogP contribution in [0.1, 0.15) is 16.7 Å². The van der Waals surface area contributed by atoms with Gasteiger partial charge in [0.05, 0.1) is 0 Å². The Morgan fingerprint density at radius 3 is 2.50 bits per heavy atom. The molecule has 0 saturated heterocycles. The average Bonchev–Trinajstić information content (AvgIpc) is 2.36. The standard InChI is InChI=1S/C15H16FNS/c1-10-3-4-11(2)15(7-10)18-14-6-5-12(9-17)8-13(14)16/h3-8H,9,17H2,1-2H3. The van der Waals surface area contributed by atoms with Gasteiger partial charge < -0.3 is 5.73 Å². The summed E-state index contributed by atoms with van der Waals surface area (Å²) >= 11 is 1.46. The van der Waals surface area contributed by atoms with E-state index in [9.17, 15) is 4.39 Å². The first kappa shape index (κ1) is 13.1. The summed E-state index contributed by atoms with van der Waals surface area (Å²) in [6.45, 7) is 4.44. The van der Waals surface area contributed by atoms with Gasteiger partial charge in [-0.05, 0) is 48.7 Å². The molecule has 0 fully saturated rings. The molecule has 0 aliphatic heterocycles. The average molecular weight is 261 g/mol. The highest BCUT2D eigenvalue weighted by atomic mass is 32.2. The van der Waals surface area contributed by atoms with E-state index in [4.69, 9.17) is 5.73 Å². The van der Waals surface area contributed by atoms with E-state index in [1.54, 1.807) is 6.07 Å². The zero-order valence-corrected chi connectivity index (χ0v) is 11.4. The van der Waals surface area contributed by atoms with Crippen LogP contribution in [-0.2, 0) is 6.54 Å².